The summed E-state index contributed by atoms with van der Waals surface area (Å²) in [5.41, 5.74) is 0.689. The van der Waals surface area contributed by atoms with Gasteiger partial charge in [-0.15, -0.1) is 0 Å². The van der Waals surface area contributed by atoms with Crippen molar-refractivity contribution in [2.75, 3.05) is 24.4 Å². The zero-order valence-corrected chi connectivity index (χ0v) is 17.2. The Kier molecular flexibility index (Phi) is 5.59. The molecule has 2 amide bonds. The van der Waals surface area contributed by atoms with E-state index < -0.39 is 23.4 Å². The molecule has 0 saturated heterocycles. The fraction of sp³-hybridized carbons (Fsp3) is 0.0833. The third kappa shape index (κ3) is 3.78. The third-order valence-corrected chi connectivity index (χ3v) is 4.92. The van der Waals surface area contributed by atoms with Crippen LogP contribution in [0.2, 0.25) is 0 Å². The van der Waals surface area contributed by atoms with Gasteiger partial charge in [0.05, 0.1) is 25.5 Å². The van der Waals surface area contributed by atoms with E-state index in [1.807, 2.05) is 0 Å². The van der Waals surface area contributed by atoms with Gasteiger partial charge in [0, 0.05) is 5.69 Å². The normalized spacial score (nSPS) is 13.6. The maximum Gasteiger partial charge on any atom is 0.282 e. The molecule has 0 aromatic heterocycles. The Bertz CT molecular complexity index is 1260. The highest BCUT2D eigenvalue weighted by Gasteiger charge is 2.40. The number of hydrogen-bond donors (Lipinski definition) is 1. The topological polar surface area (TPSA) is 67.9 Å². The molecular weight excluding hydrogens is 418 g/mol. The van der Waals surface area contributed by atoms with Crippen LogP contribution in [0.25, 0.3) is 5.57 Å². The van der Waals surface area contributed by atoms with Crippen LogP contribution in [0.4, 0.5) is 20.2 Å². The molecule has 6 nitrogen and oxygen atoms in total. The minimum Gasteiger partial charge on any atom is -0.493 e. The molecule has 0 radical (unpaired) electrons. The summed E-state index contributed by atoms with van der Waals surface area (Å²) in [5, 5.41) is 2.85. The lowest BCUT2D eigenvalue weighted by molar-refractivity contribution is -0.120. The first-order valence-corrected chi connectivity index (χ1v) is 9.56. The maximum absolute atomic E-state index is 13.8. The number of hydrogen-bond acceptors (Lipinski definition) is 5. The zero-order valence-electron chi connectivity index (χ0n) is 17.2. The van der Waals surface area contributed by atoms with Crippen molar-refractivity contribution in [1.82, 2.24) is 0 Å². The number of nitrogens with one attached hydrogen (secondary N) is 1. The van der Waals surface area contributed by atoms with Crippen molar-refractivity contribution in [3.63, 3.8) is 0 Å². The molecule has 32 heavy (non-hydrogen) atoms. The third-order valence-electron chi connectivity index (χ3n) is 4.92. The van der Waals surface area contributed by atoms with Crippen LogP contribution in [0.1, 0.15) is 5.56 Å². The largest absolute Gasteiger partial charge is 0.493 e. The summed E-state index contributed by atoms with van der Waals surface area (Å²) in [6.07, 6.45) is 0. The molecule has 0 spiro atoms. The van der Waals surface area contributed by atoms with Crippen LogP contribution in [-0.4, -0.2) is 26.0 Å². The second kappa shape index (κ2) is 8.50. The van der Waals surface area contributed by atoms with Crippen molar-refractivity contribution in [2.24, 2.45) is 0 Å². The molecule has 0 saturated carbocycles. The van der Waals surface area contributed by atoms with Gasteiger partial charge in [-0.1, -0.05) is 18.2 Å². The number of halogens is 2. The van der Waals surface area contributed by atoms with Gasteiger partial charge in [0.2, 0.25) is 0 Å². The SMILES string of the molecule is COc1ccc(C2=C(Nc3cccc(F)c3)C(=O)N(c3cccc(F)c3)C2=O)cc1OC. The molecule has 1 heterocycles. The molecule has 0 fully saturated rings. The minimum atomic E-state index is -0.699. The average molecular weight is 436 g/mol. The molecule has 162 valence electrons. The Morgan fingerprint density at radius 1 is 0.781 bits per heavy atom. The smallest absolute Gasteiger partial charge is 0.282 e. The van der Waals surface area contributed by atoms with Crippen LogP contribution < -0.4 is 19.7 Å². The van der Waals surface area contributed by atoms with Crippen LogP contribution in [0, 0.1) is 11.6 Å². The molecule has 1 aliphatic rings. The first-order chi connectivity index (χ1) is 15.4. The molecule has 1 aliphatic heterocycles. The first kappa shape index (κ1) is 21.0. The quantitative estimate of drug-likeness (QED) is 0.581. The summed E-state index contributed by atoms with van der Waals surface area (Å²) in [4.78, 5) is 27.6. The van der Waals surface area contributed by atoms with Gasteiger partial charge in [-0.2, -0.15) is 0 Å². The Balaban J connectivity index is 1.86. The fourth-order valence-corrected chi connectivity index (χ4v) is 3.47. The maximum atomic E-state index is 13.8. The van der Waals surface area contributed by atoms with Gasteiger partial charge in [0.1, 0.15) is 17.3 Å². The van der Waals surface area contributed by atoms with E-state index >= 15 is 0 Å². The van der Waals surface area contributed by atoms with Crippen LogP contribution in [0.3, 0.4) is 0 Å². The zero-order chi connectivity index (χ0) is 22.8. The van der Waals surface area contributed by atoms with Crippen molar-refractivity contribution in [2.45, 2.75) is 0 Å². The predicted molar refractivity (Wildman–Crippen MR) is 115 cm³/mol. The van der Waals surface area contributed by atoms with Gasteiger partial charge < -0.3 is 14.8 Å². The predicted octanol–water partition coefficient (Wildman–Crippen LogP) is 4.38. The van der Waals surface area contributed by atoms with Crippen molar-refractivity contribution < 1.29 is 27.8 Å². The number of benzene rings is 3. The van der Waals surface area contributed by atoms with E-state index in [0.717, 1.165) is 11.0 Å². The van der Waals surface area contributed by atoms with Crippen molar-refractivity contribution in [1.29, 1.82) is 0 Å². The first-order valence-electron chi connectivity index (χ1n) is 9.56. The lowest BCUT2D eigenvalue weighted by Gasteiger charge is -2.15. The summed E-state index contributed by atoms with van der Waals surface area (Å²) in [7, 11) is 2.92. The van der Waals surface area contributed by atoms with Gasteiger partial charge in [0.15, 0.2) is 11.5 Å². The van der Waals surface area contributed by atoms with Crippen LogP contribution >= 0.6 is 0 Å². The fourth-order valence-electron chi connectivity index (χ4n) is 3.47. The lowest BCUT2D eigenvalue weighted by Crippen LogP contribution is -2.32. The van der Waals surface area contributed by atoms with E-state index in [0.29, 0.717) is 17.1 Å². The number of amides is 2. The van der Waals surface area contributed by atoms with Gasteiger partial charge in [-0.25, -0.2) is 13.7 Å². The second-order valence-electron chi connectivity index (χ2n) is 6.88. The van der Waals surface area contributed by atoms with Crippen molar-refractivity contribution in [3.05, 3.63) is 89.6 Å². The molecule has 0 unspecified atom stereocenters. The molecule has 0 bridgehead atoms. The van der Waals surface area contributed by atoms with Crippen molar-refractivity contribution >= 4 is 28.8 Å². The van der Waals surface area contributed by atoms with Gasteiger partial charge >= 0.3 is 0 Å². The van der Waals surface area contributed by atoms with E-state index in [1.54, 1.807) is 24.3 Å². The summed E-state index contributed by atoms with van der Waals surface area (Å²) < 4.78 is 38.1. The van der Waals surface area contributed by atoms with E-state index in [-0.39, 0.29) is 22.6 Å². The lowest BCUT2D eigenvalue weighted by atomic mass is 10.0. The summed E-state index contributed by atoms with van der Waals surface area (Å²) in [6.45, 7) is 0. The molecular formula is C24H18F2N2O4. The van der Waals surface area contributed by atoms with Crippen LogP contribution in [-0.2, 0) is 9.59 Å². The second-order valence-corrected chi connectivity index (χ2v) is 6.88. The highest BCUT2D eigenvalue weighted by Crippen LogP contribution is 2.37. The summed E-state index contributed by atoms with van der Waals surface area (Å²) in [5.74, 6) is -1.67. The molecule has 0 aliphatic carbocycles. The van der Waals surface area contributed by atoms with Crippen LogP contribution in [0.15, 0.2) is 72.4 Å². The number of rotatable bonds is 6. The summed E-state index contributed by atoms with van der Waals surface area (Å²) >= 11 is 0. The van der Waals surface area contributed by atoms with Gasteiger partial charge in [0.25, 0.3) is 11.8 Å². The average Bonchev–Trinajstić information content (AvgIpc) is 3.02. The summed E-state index contributed by atoms with van der Waals surface area (Å²) in [6, 6.07) is 15.4. The Morgan fingerprint density at radius 2 is 1.47 bits per heavy atom. The van der Waals surface area contributed by atoms with Crippen LogP contribution in [0.5, 0.6) is 11.5 Å². The molecule has 3 aromatic rings. The monoisotopic (exact) mass is 436 g/mol. The van der Waals surface area contributed by atoms with Crippen molar-refractivity contribution in [3.8, 4) is 11.5 Å². The van der Waals surface area contributed by atoms with Gasteiger partial charge in [-0.05, 0) is 54.1 Å². The highest BCUT2D eigenvalue weighted by atomic mass is 19.1. The van der Waals surface area contributed by atoms with E-state index in [9.17, 15) is 18.4 Å². The molecule has 4 rings (SSSR count). The number of carbonyl (C=O) groups is 2. The van der Waals surface area contributed by atoms with E-state index in [1.165, 1.54) is 50.6 Å². The number of imide groups is 1. The molecule has 3 aromatic carbocycles. The number of carbonyl (C=O) groups excluding carboxylic acids is 2. The number of ether oxygens (including phenoxy) is 2. The van der Waals surface area contributed by atoms with Gasteiger partial charge in [-0.3, -0.25) is 9.59 Å². The minimum absolute atomic E-state index is 0.0319. The standard InChI is InChI=1S/C24H18F2N2O4/c1-31-19-10-9-14(11-20(19)32-2)21-22(27-17-7-3-5-15(25)12-17)24(30)28(23(21)29)18-8-4-6-16(26)13-18/h3-13,27H,1-2H3. The number of nitrogens with zero attached hydrogens (tertiary/aromatic N) is 1. The molecule has 1 N–H and O–H groups in total. The highest BCUT2D eigenvalue weighted by molar-refractivity contribution is 6.46. The molecule has 0 atom stereocenters. The van der Waals surface area contributed by atoms with E-state index in [2.05, 4.69) is 5.32 Å². The Morgan fingerprint density at radius 3 is 2.12 bits per heavy atom. The number of anilines is 2. The molecule has 8 heteroatoms. The number of methoxy groups -OCH3 is 2. The Labute approximate surface area is 182 Å². The van der Waals surface area contributed by atoms with E-state index in [4.69, 9.17) is 9.47 Å². The Hall–Kier alpha value is -4.20.